The van der Waals surface area contributed by atoms with E-state index in [0.29, 0.717) is 23.7 Å². The van der Waals surface area contributed by atoms with E-state index in [9.17, 15) is 13.2 Å². The molecule has 1 aromatic heterocycles. The van der Waals surface area contributed by atoms with Crippen LogP contribution in [0.2, 0.25) is 5.15 Å². The number of likely N-dealkylation sites (tertiary alicyclic amines) is 1. The molecule has 1 atom stereocenters. The smallest absolute Gasteiger partial charge is 0.410 e. The van der Waals surface area contributed by atoms with Gasteiger partial charge in [0.05, 0.1) is 11.5 Å². The fourth-order valence-corrected chi connectivity index (χ4v) is 4.67. The molecule has 6 nitrogen and oxygen atoms in total. The van der Waals surface area contributed by atoms with Crippen LogP contribution >= 0.6 is 11.6 Å². The van der Waals surface area contributed by atoms with Gasteiger partial charge in [-0.25, -0.2) is 18.2 Å². The summed E-state index contributed by atoms with van der Waals surface area (Å²) in [6, 6.07) is 2.87. The highest BCUT2D eigenvalue weighted by Crippen LogP contribution is 2.22. The van der Waals surface area contributed by atoms with Gasteiger partial charge in [-0.1, -0.05) is 17.7 Å². The van der Waals surface area contributed by atoms with Crippen LogP contribution in [0.1, 0.15) is 45.6 Å². The van der Waals surface area contributed by atoms with E-state index in [1.165, 1.54) is 6.20 Å². The molecule has 140 valence electrons. The first-order chi connectivity index (χ1) is 11.6. The van der Waals surface area contributed by atoms with Gasteiger partial charge in [-0.15, -0.1) is 0 Å². The number of sulfone groups is 1. The number of hydrogen-bond donors (Lipinski definition) is 0. The Morgan fingerprint density at radius 1 is 1.36 bits per heavy atom. The lowest BCUT2D eigenvalue weighted by Crippen LogP contribution is -2.49. The molecule has 25 heavy (non-hydrogen) atoms. The number of ether oxygens (including phenoxy) is 1. The largest absolute Gasteiger partial charge is 0.444 e. The summed E-state index contributed by atoms with van der Waals surface area (Å²) in [6.07, 6.45) is 3.45. The van der Waals surface area contributed by atoms with Gasteiger partial charge in [0.25, 0.3) is 0 Å². The second-order valence-electron chi connectivity index (χ2n) is 7.37. The molecule has 1 aliphatic rings. The fourth-order valence-electron chi connectivity index (χ4n) is 2.83. The zero-order valence-corrected chi connectivity index (χ0v) is 16.4. The minimum atomic E-state index is -3.39. The number of hydrogen-bond acceptors (Lipinski definition) is 5. The van der Waals surface area contributed by atoms with Crippen LogP contribution < -0.4 is 0 Å². The Kier molecular flexibility index (Phi) is 6.32. The minimum absolute atomic E-state index is 0.0745. The number of amides is 1. The van der Waals surface area contributed by atoms with Gasteiger partial charge >= 0.3 is 6.09 Å². The third kappa shape index (κ3) is 6.47. The predicted molar refractivity (Wildman–Crippen MR) is 97.3 cm³/mol. The van der Waals surface area contributed by atoms with Crippen LogP contribution in [0.4, 0.5) is 4.79 Å². The van der Waals surface area contributed by atoms with Crippen molar-refractivity contribution in [1.29, 1.82) is 0 Å². The highest BCUT2D eigenvalue weighted by Gasteiger charge is 2.33. The van der Waals surface area contributed by atoms with Crippen LogP contribution in [0, 0.1) is 0 Å². The van der Waals surface area contributed by atoms with Crippen molar-refractivity contribution in [2.24, 2.45) is 0 Å². The maximum Gasteiger partial charge on any atom is 0.410 e. The first kappa shape index (κ1) is 20.0. The Morgan fingerprint density at radius 2 is 2.08 bits per heavy atom. The number of halogens is 1. The molecule has 1 fully saturated rings. The van der Waals surface area contributed by atoms with E-state index in [-0.39, 0.29) is 17.5 Å². The highest BCUT2D eigenvalue weighted by atomic mass is 35.5. The van der Waals surface area contributed by atoms with E-state index in [0.717, 1.165) is 12.8 Å². The van der Waals surface area contributed by atoms with Gasteiger partial charge in [0.15, 0.2) is 9.84 Å². The molecule has 1 saturated heterocycles. The van der Waals surface area contributed by atoms with Crippen molar-refractivity contribution in [3.05, 3.63) is 29.0 Å². The second-order valence-corrected chi connectivity index (χ2v) is 9.86. The maximum absolute atomic E-state index is 12.6. The van der Waals surface area contributed by atoms with Crippen LogP contribution in [0.15, 0.2) is 18.3 Å². The number of pyridine rings is 1. The molecule has 1 amide bonds. The van der Waals surface area contributed by atoms with E-state index < -0.39 is 21.5 Å². The van der Waals surface area contributed by atoms with Crippen molar-refractivity contribution >= 4 is 27.5 Å². The molecule has 0 aromatic carbocycles. The lowest BCUT2D eigenvalue weighted by molar-refractivity contribution is 0.0124. The number of aromatic nitrogens is 1. The zero-order chi connectivity index (χ0) is 18.7. The molecule has 2 rings (SSSR count). The molecule has 1 aromatic rings. The molecule has 0 aliphatic carbocycles. The standard InChI is InChI=1S/C17H25ClN2O4S/c1-17(2,3)24-16(21)20-9-5-4-6-14(20)12-25(22,23)11-13-7-8-15(18)19-10-13/h7-8,10,14H,4-6,9,11-12H2,1-3H3. The third-order valence-electron chi connectivity index (χ3n) is 3.88. The quantitative estimate of drug-likeness (QED) is 0.738. The van der Waals surface area contributed by atoms with Crippen molar-refractivity contribution in [2.75, 3.05) is 12.3 Å². The first-order valence-corrected chi connectivity index (χ1v) is 10.6. The molecule has 8 heteroatoms. The molecule has 0 radical (unpaired) electrons. The van der Waals surface area contributed by atoms with Gasteiger partial charge in [0.1, 0.15) is 10.8 Å². The summed E-state index contributed by atoms with van der Waals surface area (Å²) in [7, 11) is -3.39. The van der Waals surface area contributed by atoms with Crippen LogP contribution in [-0.2, 0) is 20.3 Å². The molecule has 2 heterocycles. The third-order valence-corrected chi connectivity index (χ3v) is 5.77. The minimum Gasteiger partial charge on any atom is -0.444 e. The molecule has 0 bridgehead atoms. The number of piperidine rings is 1. The van der Waals surface area contributed by atoms with Gasteiger partial charge in [-0.05, 0) is 51.7 Å². The van der Waals surface area contributed by atoms with Gasteiger partial charge in [0, 0.05) is 18.8 Å². The number of rotatable bonds is 4. The summed E-state index contributed by atoms with van der Waals surface area (Å²) >= 11 is 5.73. The Balaban J connectivity index is 2.06. The van der Waals surface area contributed by atoms with Crippen molar-refractivity contribution in [3.63, 3.8) is 0 Å². The lowest BCUT2D eigenvalue weighted by atomic mass is 10.0. The Bertz CT molecular complexity index is 698. The average molecular weight is 389 g/mol. The summed E-state index contributed by atoms with van der Waals surface area (Å²) in [6.45, 7) is 5.92. The van der Waals surface area contributed by atoms with Gasteiger partial charge in [-0.2, -0.15) is 0 Å². The van der Waals surface area contributed by atoms with Crippen LogP contribution in [-0.4, -0.2) is 48.3 Å². The van der Waals surface area contributed by atoms with E-state index in [4.69, 9.17) is 16.3 Å². The van der Waals surface area contributed by atoms with Crippen LogP contribution in [0.5, 0.6) is 0 Å². The van der Waals surface area contributed by atoms with E-state index in [1.54, 1.807) is 37.8 Å². The topological polar surface area (TPSA) is 76.6 Å². The highest BCUT2D eigenvalue weighted by molar-refractivity contribution is 7.90. The van der Waals surface area contributed by atoms with Gasteiger partial charge in [-0.3, -0.25) is 0 Å². The zero-order valence-electron chi connectivity index (χ0n) is 14.9. The lowest BCUT2D eigenvalue weighted by Gasteiger charge is -2.36. The summed E-state index contributed by atoms with van der Waals surface area (Å²) in [4.78, 5) is 17.9. The number of nitrogens with zero attached hydrogens (tertiary/aromatic N) is 2. The summed E-state index contributed by atoms with van der Waals surface area (Å²) in [5.41, 5.74) is -0.0172. The average Bonchev–Trinajstić information content (AvgIpc) is 2.47. The second kappa shape index (κ2) is 7.91. The SMILES string of the molecule is CC(C)(C)OC(=O)N1CCCCC1CS(=O)(=O)Cc1ccc(Cl)nc1. The van der Waals surface area contributed by atoms with Crippen molar-refractivity contribution in [2.45, 2.75) is 57.4 Å². The van der Waals surface area contributed by atoms with E-state index in [1.807, 2.05) is 0 Å². The van der Waals surface area contributed by atoms with E-state index in [2.05, 4.69) is 4.98 Å². The fraction of sp³-hybridized carbons (Fsp3) is 0.647. The molecule has 0 saturated carbocycles. The molecule has 1 unspecified atom stereocenters. The first-order valence-electron chi connectivity index (χ1n) is 8.36. The number of carbonyl (C=O) groups excluding carboxylic acids is 1. The monoisotopic (exact) mass is 388 g/mol. The predicted octanol–water partition coefficient (Wildman–Crippen LogP) is 3.44. The molecule has 0 N–H and O–H groups in total. The molecular weight excluding hydrogens is 364 g/mol. The normalized spacial score (nSPS) is 18.9. The Hall–Kier alpha value is -1.34. The van der Waals surface area contributed by atoms with E-state index >= 15 is 0 Å². The maximum atomic E-state index is 12.6. The van der Waals surface area contributed by atoms with Gasteiger partial charge in [0.2, 0.25) is 0 Å². The summed E-state index contributed by atoms with van der Waals surface area (Å²) in [5, 5.41) is 0.324. The molecule has 0 spiro atoms. The van der Waals surface area contributed by atoms with Gasteiger partial charge < -0.3 is 9.64 Å². The number of carbonyl (C=O) groups is 1. The Labute approximate surface area is 154 Å². The summed E-state index contributed by atoms with van der Waals surface area (Å²) in [5.74, 6) is -0.190. The summed E-state index contributed by atoms with van der Waals surface area (Å²) < 4.78 is 30.6. The van der Waals surface area contributed by atoms with Crippen LogP contribution in [0.3, 0.4) is 0 Å². The molecular formula is C17H25ClN2O4S. The van der Waals surface area contributed by atoms with Crippen LogP contribution in [0.25, 0.3) is 0 Å². The Morgan fingerprint density at radius 3 is 2.68 bits per heavy atom. The van der Waals surface area contributed by atoms with Crippen molar-refractivity contribution in [1.82, 2.24) is 9.88 Å². The van der Waals surface area contributed by atoms with Crippen molar-refractivity contribution < 1.29 is 17.9 Å². The van der Waals surface area contributed by atoms with Crippen molar-refractivity contribution in [3.8, 4) is 0 Å². The molecule has 1 aliphatic heterocycles.